The van der Waals surface area contributed by atoms with Gasteiger partial charge in [0.2, 0.25) is 0 Å². The predicted octanol–water partition coefficient (Wildman–Crippen LogP) is 2.47. The van der Waals surface area contributed by atoms with Crippen LogP contribution < -0.4 is 10.2 Å². The number of nitrogens with zero attached hydrogens (tertiary/aromatic N) is 1. The van der Waals surface area contributed by atoms with Crippen molar-refractivity contribution in [3.8, 4) is 0 Å². The van der Waals surface area contributed by atoms with Gasteiger partial charge < -0.3 is 15.0 Å². The SMILES string of the molecule is CCOC(=O)C(=O)Nc1cccc(N(CCCl)CCCl)c1. The molecule has 0 spiro atoms. The largest absolute Gasteiger partial charge is 0.459 e. The van der Waals surface area contributed by atoms with E-state index in [2.05, 4.69) is 10.1 Å². The van der Waals surface area contributed by atoms with Crippen LogP contribution in [0.3, 0.4) is 0 Å². The summed E-state index contributed by atoms with van der Waals surface area (Å²) in [6.45, 7) is 3.08. The lowest BCUT2D eigenvalue weighted by Crippen LogP contribution is -2.28. The summed E-state index contributed by atoms with van der Waals surface area (Å²) >= 11 is 11.5. The van der Waals surface area contributed by atoms with Gasteiger partial charge in [-0.15, -0.1) is 23.2 Å². The molecule has 0 aliphatic rings. The zero-order valence-electron chi connectivity index (χ0n) is 11.8. The number of halogens is 2. The summed E-state index contributed by atoms with van der Waals surface area (Å²) in [6, 6.07) is 7.13. The molecule has 0 radical (unpaired) electrons. The Morgan fingerprint density at radius 2 is 1.90 bits per heavy atom. The zero-order valence-corrected chi connectivity index (χ0v) is 13.3. The maximum Gasteiger partial charge on any atom is 0.397 e. The summed E-state index contributed by atoms with van der Waals surface area (Å²) in [5.41, 5.74) is 1.39. The second-order valence-corrected chi connectivity index (χ2v) is 4.85. The predicted molar refractivity (Wildman–Crippen MR) is 85.4 cm³/mol. The normalized spacial score (nSPS) is 10.0. The van der Waals surface area contributed by atoms with Crippen molar-refractivity contribution >= 4 is 46.5 Å². The highest BCUT2D eigenvalue weighted by Gasteiger charge is 2.15. The molecule has 0 unspecified atom stereocenters. The number of amides is 1. The molecule has 0 atom stereocenters. The van der Waals surface area contributed by atoms with Crippen LogP contribution >= 0.6 is 23.2 Å². The number of hydrogen-bond acceptors (Lipinski definition) is 4. The molecule has 1 amide bonds. The summed E-state index contributed by atoms with van der Waals surface area (Å²) in [6.07, 6.45) is 0. The third-order valence-electron chi connectivity index (χ3n) is 2.64. The molecule has 0 bridgehead atoms. The van der Waals surface area contributed by atoms with Gasteiger partial charge in [-0.2, -0.15) is 0 Å². The van der Waals surface area contributed by atoms with E-state index >= 15 is 0 Å². The van der Waals surface area contributed by atoms with E-state index in [0.29, 0.717) is 30.5 Å². The first-order valence-electron chi connectivity index (χ1n) is 6.57. The summed E-state index contributed by atoms with van der Waals surface area (Å²) in [5, 5.41) is 2.50. The number of nitrogens with one attached hydrogen (secondary N) is 1. The van der Waals surface area contributed by atoms with Crippen molar-refractivity contribution in [2.24, 2.45) is 0 Å². The fraction of sp³-hybridized carbons (Fsp3) is 0.429. The van der Waals surface area contributed by atoms with Gasteiger partial charge in [-0.05, 0) is 25.1 Å². The van der Waals surface area contributed by atoms with E-state index in [4.69, 9.17) is 23.2 Å². The zero-order chi connectivity index (χ0) is 15.7. The van der Waals surface area contributed by atoms with Crippen LogP contribution in [0.25, 0.3) is 0 Å². The van der Waals surface area contributed by atoms with Crippen LogP contribution in [0.4, 0.5) is 11.4 Å². The Kier molecular flexibility index (Phi) is 7.93. The molecule has 7 heteroatoms. The van der Waals surface area contributed by atoms with Crippen molar-refractivity contribution in [3.63, 3.8) is 0 Å². The molecule has 1 N–H and O–H groups in total. The van der Waals surface area contributed by atoms with E-state index in [0.717, 1.165) is 5.69 Å². The minimum Gasteiger partial charge on any atom is -0.459 e. The van der Waals surface area contributed by atoms with Gasteiger partial charge in [-0.1, -0.05) is 6.07 Å². The lowest BCUT2D eigenvalue weighted by Gasteiger charge is -2.23. The van der Waals surface area contributed by atoms with Crippen LogP contribution in [-0.2, 0) is 14.3 Å². The van der Waals surface area contributed by atoms with Crippen molar-refractivity contribution in [2.45, 2.75) is 6.92 Å². The number of rotatable bonds is 7. The average Bonchev–Trinajstić information content (AvgIpc) is 2.47. The summed E-state index contributed by atoms with van der Waals surface area (Å²) in [5.74, 6) is -0.761. The molecule has 0 aliphatic carbocycles. The fourth-order valence-corrected chi connectivity index (χ4v) is 2.14. The van der Waals surface area contributed by atoms with Crippen molar-refractivity contribution in [2.75, 3.05) is 41.7 Å². The first kappa shape index (κ1) is 17.6. The quantitative estimate of drug-likeness (QED) is 0.473. The molecular formula is C14H18Cl2N2O3. The fourth-order valence-electron chi connectivity index (χ4n) is 1.73. The van der Waals surface area contributed by atoms with Crippen LogP contribution in [0.5, 0.6) is 0 Å². The Hall–Kier alpha value is -1.46. The summed E-state index contributed by atoms with van der Waals surface area (Å²) in [7, 11) is 0. The van der Waals surface area contributed by atoms with Crippen molar-refractivity contribution in [1.82, 2.24) is 0 Å². The molecule has 0 aliphatic heterocycles. The lowest BCUT2D eigenvalue weighted by molar-refractivity contribution is -0.152. The summed E-state index contributed by atoms with van der Waals surface area (Å²) in [4.78, 5) is 24.9. The molecule has 116 valence electrons. The number of benzene rings is 1. The van der Waals surface area contributed by atoms with Gasteiger partial charge in [-0.3, -0.25) is 4.79 Å². The Morgan fingerprint density at radius 1 is 1.24 bits per heavy atom. The minimum atomic E-state index is -0.902. The molecule has 21 heavy (non-hydrogen) atoms. The molecule has 5 nitrogen and oxygen atoms in total. The molecule has 1 rings (SSSR count). The Bertz CT molecular complexity index is 477. The average molecular weight is 333 g/mol. The highest BCUT2D eigenvalue weighted by molar-refractivity contribution is 6.37. The molecule has 1 aromatic carbocycles. The van der Waals surface area contributed by atoms with Gasteiger partial charge in [-0.25, -0.2) is 4.79 Å². The maximum absolute atomic E-state index is 11.6. The molecule has 0 fully saturated rings. The van der Waals surface area contributed by atoms with E-state index in [1.165, 1.54) is 0 Å². The van der Waals surface area contributed by atoms with E-state index in [1.54, 1.807) is 25.1 Å². The number of ether oxygens (including phenoxy) is 1. The number of hydrogen-bond donors (Lipinski definition) is 1. The van der Waals surface area contributed by atoms with Crippen LogP contribution in [0.2, 0.25) is 0 Å². The molecule has 0 saturated heterocycles. The van der Waals surface area contributed by atoms with Gasteiger partial charge in [0.25, 0.3) is 0 Å². The number of esters is 1. The smallest absolute Gasteiger partial charge is 0.397 e. The van der Waals surface area contributed by atoms with Gasteiger partial charge >= 0.3 is 11.9 Å². The summed E-state index contributed by atoms with van der Waals surface area (Å²) < 4.78 is 4.63. The molecular weight excluding hydrogens is 315 g/mol. The first-order valence-corrected chi connectivity index (χ1v) is 7.64. The number of anilines is 2. The second-order valence-electron chi connectivity index (χ2n) is 4.09. The van der Waals surface area contributed by atoms with Gasteiger partial charge in [0.1, 0.15) is 0 Å². The van der Waals surface area contributed by atoms with E-state index in [1.807, 2.05) is 11.0 Å². The molecule has 0 saturated carbocycles. The van der Waals surface area contributed by atoms with Crippen LogP contribution in [0.1, 0.15) is 6.92 Å². The Morgan fingerprint density at radius 3 is 2.48 bits per heavy atom. The molecule has 0 aromatic heterocycles. The topological polar surface area (TPSA) is 58.6 Å². The van der Waals surface area contributed by atoms with Crippen LogP contribution in [0, 0.1) is 0 Å². The van der Waals surface area contributed by atoms with Crippen molar-refractivity contribution < 1.29 is 14.3 Å². The monoisotopic (exact) mass is 332 g/mol. The minimum absolute atomic E-state index is 0.158. The maximum atomic E-state index is 11.6. The number of alkyl halides is 2. The standard InChI is InChI=1S/C14H18Cl2N2O3/c1-2-21-14(20)13(19)17-11-4-3-5-12(10-11)18(8-6-15)9-7-16/h3-5,10H,2,6-9H2,1H3,(H,17,19). The van der Waals surface area contributed by atoms with E-state index in [-0.39, 0.29) is 6.61 Å². The van der Waals surface area contributed by atoms with Gasteiger partial charge in [0, 0.05) is 36.2 Å². The number of carbonyl (C=O) groups is 2. The third-order valence-corrected chi connectivity index (χ3v) is 2.98. The van der Waals surface area contributed by atoms with Gasteiger partial charge in [0.05, 0.1) is 6.61 Å². The van der Waals surface area contributed by atoms with Gasteiger partial charge in [0.15, 0.2) is 0 Å². The van der Waals surface area contributed by atoms with Crippen molar-refractivity contribution in [3.05, 3.63) is 24.3 Å². The Balaban J connectivity index is 2.79. The highest BCUT2D eigenvalue weighted by atomic mass is 35.5. The number of carbonyl (C=O) groups excluding carboxylic acids is 2. The molecule has 0 heterocycles. The molecule has 1 aromatic rings. The van der Waals surface area contributed by atoms with E-state index in [9.17, 15) is 9.59 Å². The Labute approximate surface area is 134 Å². The lowest BCUT2D eigenvalue weighted by atomic mass is 10.2. The second kappa shape index (κ2) is 9.47. The first-order chi connectivity index (χ1) is 10.1. The van der Waals surface area contributed by atoms with Crippen LogP contribution in [-0.4, -0.2) is 43.3 Å². The van der Waals surface area contributed by atoms with Crippen molar-refractivity contribution in [1.29, 1.82) is 0 Å². The van der Waals surface area contributed by atoms with E-state index < -0.39 is 11.9 Å². The third kappa shape index (κ3) is 5.81. The highest BCUT2D eigenvalue weighted by Crippen LogP contribution is 2.19. The van der Waals surface area contributed by atoms with Crippen LogP contribution in [0.15, 0.2) is 24.3 Å².